The molecule has 8 heteroatoms. The van der Waals surface area contributed by atoms with Crippen molar-refractivity contribution in [2.45, 2.75) is 141 Å². The van der Waals surface area contributed by atoms with E-state index in [1.807, 2.05) is 6.07 Å². The largest absolute Gasteiger partial charge is 0.486 e. The SMILES string of the molecule is CCCCCCCCCCCCCCCCCCCCC[C@@H](COP(=O)(O)O)Oc1ccc(C#N)nc1. The first-order chi connectivity index (χ1) is 17.9. The molecule has 0 aliphatic rings. The topological polar surface area (TPSA) is 113 Å². The molecule has 1 heterocycles. The van der Waals surface area contributed by atoms with Crippen LogP contribution >= 0.6 is 7.82 Å². The van der Waals surface area contributed by atoms with E-state index >= 15 is 0 Å². The van der Waals surface area contributed by atoms with Gasteiger partial charge >= 0.3 is 7.82 Å². The predicted molar refractivity (Wildman–Crippen MR) is 149 cm³/mol. The second-order valence-corrected chi connectivity index (χ2v) is 11.4. The second kappa shape index (κ2) is 22.5. The number of ether oxygens (including phenoxy) is 1. The second-order valence-electron chi connectivity index (χ2n) is 10.2. The van der Waals surface area contributed by atoms with Gasteiger partial charge in [0.25, 0.3) is 0 Å². The molecule has 1 atom stereocenters. The van der Waals surface area contributed by atoms with Crippen molar-refractivity contribution in [2.24, 2.45) is 0 Å². The van der Waals surface area contributed by atoms with Crippen molar-refractivity contribution in [3.8, 4) is 11.8 Å². The van der Waals surface area contributed by atoms with Crippen LogP contribution in [0.1, 0.15) is 141 Å². The highest BCUT2D eigenvalue weighted by molar-refractivity contribution is 7.46. The van der Waals surface area contributed by atoms with Gasteiger partial charge in [-0.2, -0.15) is 5.26 Å². The molecule has 1 aromatic heterocycles. The van der Waals surface area contributed by atoms with Crippen molar-refractivity contribution in [3.63, 3.8) is 0 Å². The van der Waals surface area contributed by atoms with E-state index in [1.165, 1.54) is 109 Å². The van der Waals surface area contributed by atoms with Gasteiger partial charge in [-0.05, 0) is 25.0 Å². The monoisotopic (exact) mass is 538 g/mol. The van der Waals surface area contributed by atoms with E-state index in [-0.39, 0.29) is 12.3 Å². The molecule has 1 rings (SSSR count). The van der Waals surface area contributed by atoms with Crippen molar-refractivity contribution in [1.29, 1.82) is 5.26 Å². The Bertz CT molecular complexity index is 748. The lowest BCUT2D eigenvalue weighted by Crippen LogP contribution is -2.22. The van der Waals surface area contributed by atoms with Crippen LogP contribution in [0.5, 0.6) is 5.75 Å². The third-order valence-corrected chi connectivity index (χ3v) is 7.20. The van der Waals surface area contributed by atoms with E-state index in [9.17, 15) is 4.57 Å². The maximum Gasteiger partial charge on any atom is 0.469 e. The van der Waals surface area contributed by atoms with Crippen LogP contribution in [-0.4, -0.2) is 27.5 Å². The number of unbranched alkanes of at least 4 members (excludes halogenated alkanes) is 18. The maximum atomic E-state index is 11.1. The number of hydrogen-bond donors (Lipinski definition) is 2. The number of nitrogens with zero attached hydrogens (tertiary/aromatic N) is 2. The van der Waals surface area contributed by atoms with Crippen molar-refractivity contribution < 1.29 is 23.6 Å². The van der Waals surface area contributed by atoms with Gasteiger partial charge in [0.05, 0.1) is 12.8 Å². The molecule has 0 unspecified atom stereocenters. The summed E-state index contributed by atoms with van der Waals surface area (Å²) >= 11 is 0. The fourth-order valence-electron chi connectivity index (χ4n) is 4.52. The van der Waals surface area contributed by atoms with E-state index < -0.39 is 13.9 Å². The fraction of sp³-hybridized carbons (Fsp3) is 0.793. The zero-order chi connectivity index (χ0) is 27.0. The van der Waals surface area contributed by atoms with Crippen LogP contribution < -0.4 is 4.74 Å². The fourth-order valence-corrected chi connectivity index (χ4v) is 4.88. The Morgan fingerprint density at radius 2 is 1.27 bits per heavy atom. The number of nitriles is 1. The van der Waals surface area contributed by atoms with E-state index in [0.29, 0.717) is 12.2 Å². The first-order valence-electron chi connectivity index (χ1n) is 14.7. The summed E-state index contributed by atoms with van der Waals surface area (Å²) in [6, 6.07) is 5.13. The highest BCUT2D eigenvalue weighted by Gasteiger charge is 2.19. The number of aromatic nitrogens is 1. The summed E-state index contributed by atoms with van der Waals surface area (Å²) in [4.78, 5) is 22.0. The van der Waals surface area contributed by atoms with Crippen LogP contribution in [0.3, 0.4) is 0 Å². The van der Waals surface area contributed by atoms with Crippen LogP contribution in [-0.2, 0) is 9.09 Å². The van der Waals surface area contributed by atoms with Crippen LogP contribution in [0, 0.1) is 11.3 Å². The Kier molecular flexibility index (Phi) is 20.4. The first-order valence-corrected chi connectivity index (χ1v) is 16.2. The van der Waals surface area contributed by atoms with Gasteiger partial charge in [0, 0.05) is 0 Å². The van der Waals surface area contributed by atoms with Gasteiger partial charge < -0.3 is 14.5 Å². The van der Waals surface area contributed by atoms with Crippen molar-refractivity contribution in [1.82, 2.24) is 4.98 Å². The summed E-state index contributed by atoms with van der Waals surface area (Å²) in [5.74, 6) is 0.455. The van der Waals surface area contributed by atoms with Gasteiger partial charge in [-0.1, -0.05) is 122 Å². The minimum atomic E-state index is -4.56. The lowest BCUT2D eigenvalue weighted by Gasteiger charge is -2.19. The number of hydrogen-bond acceptors (Lipinski definition) is 5. The minimum absolute atomic E-state index is 0.191. The summed E-state index contributed by atoms with van der Waals surface area (Å²) < 4.78 is 21.6. The standard InChI is InChI=1S/C29H51N2O5P/c1-2-3-4-5-6-7-8-9-10-11-12-13-14-15-16-17-18-19-20-21-29(26-35-37(32,33)34)36-28-23-22-27(24-30)31-25-28/h22-23,25,29H,2-21,26H2,1H3,(H2,32,33,34)/t29-/m0/s1. The molecule has 0 aromatic carbocycles. The molecule has 0 amide bonds. The lowest BCUT2D eigenvalue weighted by molar-refractivity contribution is 0.0939. The molecule has 0 bridgehead atoms. The van der Waals surface area contributed by atoms with Gasteiger partial charge in [0.2, 0.25) is 0 Å². The molecule has 0 saturated heterocycles. The molecular formula is C29H51N2O5P. The molecule has 0 aliphatic carbocycles. The molecule has 37 heavy (non-hydrogen) atoms. The number of rotatable bonds is 25. The highest BCUT2D eigenvalue weighted by atomic mass is 31.2. The molecule has 7 nitrogen and oxygen atoms in total. The molecule has 2 N–H and O–H groups in total. The molecule has 0 fully saturated rings. The van der Waals surface area contributed by atoms with Crippen LogP contribution in [0.2, 0.25) is 0 Å². The molecule has 0 aliphatic heterocycles. The average molecular weight is 539 g/mol. The summed E-state index contributed by atoms with van der Waals surface area (Å²) in [5, 5.41) is 8.85. The van der Waals surface area contributed by atoms with E-state index in [0.717, 1.165) is 19.3 Å². The Balaban J connectivity index is 2.01. The lowest BCUT2D eigenvalue weighted by atomic mass is 10.0. The predicted octanol–water partition coefficient (Wildman–Crippen LogP) is 8.63. The van der Waals surface area contributed by atoms with E-state index in [2.05, 4.69) is 16.4 Å². The minimum Gasteiger partial charge on any atom is -0.486 e. The Hall–Kier alpha value is -1.45. The summed E-state index contributed by atoms with van der Waals surface area (Å²) in [5.41, 5.74) is 0.286. The van der Waals surface area contributed by atoms with Crippen molar-refractivity contribution in [2.75, 3.05) is 6.61 Å². The molecule has 0 radical (unpaired) electrons. The first kappa shape index (κ1) is 33.6. The summed E-state index contributed by atoms with van der Waals surface area (Å²) in [6.07, 6.45) is 26.7. The van der Waals surface area contributed by atoms with Crippen LogP contribution in [0.4, 0.5) is 0 Å². The highest BCUT2D eigenvalue weighted by Crippen LogP contribution is 2.36. The summed E-state index contributed by atoms with van der Waals surface area (Å²) in [6.45, 7) is 2.08. The van der Waals surface area contributed by atoms with Gasteiger partial charge in [-0.3, -0.25) is 4.52 Å². The Morgan fingerprint density at radius 1 is 0.811 bits per heavy atom. The molecule has 212 valence electrons. The number of pyridine rings is 1. The molecule has 0 saturated carbocycles. The van der Waals surface area contributed by atoms with Gasteiger partial charge in [0.15, 0.2) is 0 Å². The van der Waals surface area contributed by atoms with Crippen LogP contribution in [0.25, 0.3) is 0 Å². The van der Waals surface area contributed by atoms with E-state index in [1.54, 1.807) is 12.1 Å². The van der Waals surface area contributed by atoms with Crippen molar-refractivity contribution in [3.05, 3.63) is 24.0 Å². The van der Waals surface area contributed by atoms with Gasteiger partial charge in [-0.15, -0.1) is 0 Å². The Labute approximate surface area is 225 Å². The van der Waals surface area contributed by atoms with Crippen molar-refractivity contribution >= 4 is 7.82 Å². The number of phosphoric ester groups is 1. The molecule has 0 spiro atoms. The Morgan fingerprint density at radius 3 is 1.65 bits per heavy atom. The number of phosphoric acid groups is 1. The smallest absolute Gasteiger partial charge is 0.469 e. The maximum absolute atomic E-state index is 11.1. The third kappa shape index (κ3) is 21.2. The van der Waals surface area contributed by atoms with Gasteiger partial charge in [0.1, 0.15) is 23.6 Å². The zero-order valence-electron chi connectivity index (χ0n) is 23.1. The van der Waals surface area contributed by atoms with Crippen LogP contribution in [0.15, 0.2) is 18.3 Å². The average Bonchev–Trinajstić information content (AvgIpc) is 2.88. The van der Waals surface area contributed by atoms with E-state index in [4.69, 9.17) is 19.8 Å². The normalized spacial score (nSPS) is 12.4. The summed E-state index contributed by atoms with van der Waals surface area (Å²) in [7, 11) is -4.56. The quantitative estimate of drug-likeness (QED) is 0.0946. The van der Waals surface area contributed by atoms with Gasteiger partial charge in [-0.25, -0.2) is 9.55 Å². The molecular weight excluding hydrogens is 487 g/mol. The molecule has 1 aromatic rings. The zero-order valence-corrected chi connectivity index (χ0v) is 24.0. The third-order valence-electron chi connectivity index (χ3n) is 6.71.